The normalized spacial score (nSPS) is 17.7. The number of nitrogens with two attached hydrogens (primary N) is 1. The van der Waals surface area contributed by atoms with E-state index < -0.39 is 6.04 Å². The zero-order valence-electron chi connectivity index (χ0n) is 12.9. The van der Waals surface area contributed by atoms with Gasteiger partial charge in [0.1, 0.15) is 0 Å². The van der Waals surface area contributed by atoms with E-state index in [9.17, 15) is 9.59 Å². The van der Waals surface area contributed by atoms with Crippen molar-refractivity contribution in [3.05, 3.63) is 30.3 Å². The van der Waals surface area contributed by atoms with Gasteiger partial charge in [0.05, 0.1) is 12.6 Å². The van der Waals surface area contributed by atoms with Crippen molar-refractivity contribution in [3.63, 3.8) is 0 Å². The molecule has 0 spiro atoms. The van der Waals surface area contributed by atoms with Crippen LogP contribution >= 0.6 is 0 Å². The maximum absolute atomic E-state index is 12.0. The minimum atomic E-state index is -0.477. The fourth-order valence-electron chi connectivity index (χ4n) is 2.49. The Morgan fingerprint density at radius 1 is 1.27 bits per heavy atom. The highest BCUT2D eigenvalue weighted by molar-refractivity contribution is 5.92. The standard InChI is InChI=1S/C16H24N4O2/c1-12(17)16(22)19-14-7-9-20(10-8-14)11-15(21)18-13-5-3-2-4-6-13/h2-6,12,14H,7-11,17H2,1H3,(H,18,21)(H,19,22). The van der Waals surface area contributed by atoms with E-state index in [0.29, 0.717) is 6.54 Å². The molecular formula is C16H24N4O2. The lowest BCUT2D eigenvalue weighted by Crippen LogP contribution is -2.49. The van der Waals surface area contributed by atoms with E-state index in [0.717, 1.165) is 31.6 Å². The van der Waals surface area contributed by atoms with E-state index in [1.54, 1.807) is 6.92 Å². The molecule has 0 aromatic heterocycles. The molecule has 1 heterocycles. The minimum Gasteiger partial charge on any atom is -0.352 e. The van der Waals surface area contributed by atoms with Gasteiger partial charge in [0, 0.05) is 24.8 Å². The van der Waals surface area contributed by atoms with Crippen molar-refractivity contribution in [1.29, 1.82) is 0 Å². The molecule has 0 saturated carbocycles. The van der Waals surface area contributed by atoms with E-state index in [4.69, 9.17) is 5.73 Å². The molecule has 1 aromatic rings. The average Bonchev–Trinajstić information content (AvgIpc) is 2.50. The Balaban J connectivity index is 1.71. The number of likely N-dealkylation sites (tertiary alicyclic amines) is 1. The molecule has 1 aliphatic heterocycles. The highest BCUT2D eigenvalue weighted by Crippen LogP contribution is 2.11. The second-order valence-corrected chi connectivity index (χ2v) is 5.76. The quantitative estimate of drug-likeness (QED) is 0.741. The van der Waals surface area contributed by atoms with E-state index in [1.807, 2.05) is 30.3 Å². The summed E-state index contributed by atoms with van der Waals surface area (Å²) in [5.74, 6) is -0.121. The molecule has 2 rings (SSSR count). The summed E-state index contributed by atoms with van der Waals surface area (Å²) in [6.45, 7) is 3.65. The molecule has 4 N–H and O–H groups in total. The van der Waals surface area contributed by atoms with Gasteiger partial charge in [0.25, 0.3) is 0 Å². The topological polar surface area (TPSA) is 87.5 Å². The van der Waals surface area contributed by atoms with Crippen molar-refractivity contribution in [2.24, 2.45) is 5.73 Å². The van der Waals surface area contributed by atoms with Gasteiger partial charge in [-0.2, -0.15) is 0 Å². The molecule has 1 unspecified atom stereocenters. The Morgan fingerprint density at radius 2 is 1.91 bits per heavy atom. The average molecular weight is 304 g/mol. The first kappa shape index (κ1) is 16.5. The van der Waals surface area contributed by atoms with E-state index >= 15 is 0 Å². The number of nitrogens with one attached hydrogen (secondary N) is 2. The van der Waals surface area contributed by atoms with Crippen LogP contribution in [-0.2, 0) is 9.59 Å². The molecular weight excluding hydrogens is 280 g/mol. The molecule has 1 saturated heterocycles. The lowest BCUT2D eigenvalue weighted by Gasteiger charge is -2.32. The summed E-state index contributed by atoms with van der Waals surface area (Å²) in [5.41, 5.74) is 6.36. The van der Waals surface area contributed by atoms with Gasteiger partial charge in [0.2, 0.25) is 11.8 Å². The van der Waals surface area contributed by atoms with Crippen molar-refractivity contribution >= 4 is 17.5 Å². The summed E-state index contributed by atoms with van der Waals surface area (Å²) in [6.07, 6.45) is 1.69. The molecule has 0 radical (unpaired) electrons. The fourth-order valence-corrected chi connectivity index (χ4v) is 2.49. The van der Waals surface area contributed by atoms with Crippen molar-refractivity contribution in [2.75, 3.05) is 25.0 Å². The second-order valence-electron chi connectivity index (χ2n) is 5.76. The highest BCUT2D eigenvalue weighted by atomic mass is 16.2. The molecule has 0 bridgehead atoms. The van der Waals surface area contributed by atoms with Gasteiger partial charge in [-0.05, 0) is 31.9 Å². The molecule has 1 aliphatic rings. The predicted octanol–water partition coefficient (Wildman–Crippen LogP) is 0.553. The van der Waals surface area contributed by atoms with Crippen LogP contribution in [0.3, 0.4) is 0 Å². The molecule has 1 fully saturated rings. The van der Waals surface area contributed by atoms with Crippen LogP contribution in [-0.4, -0.2) is 48.4 Å². The van der Waals surface area contributed by atoms with E-state index in [1.165, 1.54) is 0 Å². The van der Waals surface area contributed by atoms with E-state index in [-0.39, 0.29) is 17.9 Å². The summed E-state index contributed by atoms with van der Waals surface area (Å²) in [4.78, 5) is 25.7. The maximum atomic E-state index is 12.0. The number of carbonyl (C=O) groups is 2. The van der Waals surface area contributed by atoms with Crippen LogP contribution < -0.4 is 16.4 Å². The number of hydrogen-bond acceptors (Lipinski definition) is 4. The third kappa shape index (κ3) is 5.13. The van der Waals surface area contributed by atoms with Gasteiger partial charge in [-0.3, -0.25) is 14.5 Å². The van der Waals surface area contributed by atoms with Gasteiger partial charge in [-0.25, -0.2) is 0 Å². The number of carbonyl (C=O) groups excluding carboxylic acids is 2. The number of hydrogen-bond donors (Lipinski definition) is 3. The van der Waals surface area contributed by atoms with Crippen LogP contribution in [0.5, 0.6) is 0 Å². The maximum Gasteiger partial charge on any atom is 0.238 e. The number of piperidine rings is 1. The van der Waals surface area contributed by atoms with Gasteiger partial charge >= 0.3 is 0 Å². The molecule has 22 heavy (non-hydrogen) atoms. The number of benzene rings is 1. The lowest BCUT2D eigenvalue weighted by molar-refractivity contribution is -0.123. The van der Waals surface area contributed by atoms with Crippen LogP contribution in [0.2, 0.25) is 0 Å². The monoisotopic (exact) mass is 304 g/mol. The summed E-state index contributed by atoms with van der Waals surface area (Å²) in [7, 11) is 0. The van der Waals surface area contributed by atoms with Crippen molar-refractivity contribution in [3.8, 4) is 0 Å². The van der Waals surface area contributed by atoms with Crippen molar-refractivity contribution < 1.29 is 9.59 Å². The van der Waals surface area contributed by atoms with Crippen molar-refractivity contribution in [1.82, 2.24) is 10.2 Å². The second kappa shape index (κ2) is 7.91. The van der Waals surface area contributed by atoms with Crippen LogP contribution in [0.25, 0.3) is 0 Å². The van der Waals surface area contributed by atoms with Crippen LogP contribution in [0, 0.1) is 0 Å². The molecule has 2 amide bonds. The van der Waals surface area contributed by atoms with Gasteiger partial charge in [0.15, 0.2) is 0 Å². The Morgan fingerprint density at radius 3 is 2.50 bits per heavy atom. The number of amides is 2. The third-order valence-electron chi connectivity index (χ3n) is 3.77. The first-order valence-corrected chi connectivity index (χ1v) is 7.68. The van der Waals surface area contributed by atoms with E-state index in [2.05, 4.69) is 15.5 Å². The smallest absolute Gasteiger partial charge is 0.238 e. The summed E-state index contributed by atoms with van der Waals surface area (Å²) in [6, 6.07) is 9.12. The summed E-state index contributed by atoms with van der Waals surface area (Å²) < 4.78 is 0. The molecule has 6 nitrogen and oxygen atoms in total. The zero-order chi connectivity index (χ0) is 15.9. The Kier molecular flexibility index (Phi) is 5.91. The summed E-state index contributed by atoms with van der Waals surface area (Å²) >= 11 is 0. The molecule has 120 valence electrons. The number of anilines is 1. The zero-order valence-corrected chi connectivity index (χ0v) is 12.9. The van der Waals surface area contributed by atoms with Crippen LogP contribution in [0.15, 0.2) is 30.3 Å². The fraction of sp³-hybridized carbons (Fsp3) is 0.500. The number of rotatable bonds is 5. The Labute approximate surface area is 131 Å². The number of nitrogens with zero attached hydrogens (tertiary/aromatic N) is 1. The highest BCUT2D eigenvalue weighted by Gasteiger charge is 2.22. The van der Waals surface area contributed by atoms with Crippen LogP contribution in [0.1, 0.15) is 19.8 Å². The predicted molar refractivity (Wildman–Crippen MR) is 86.3 cm³/mol. The summed E-state index contributed by atoms with van der Waals surface area (Å²) in [5, 5.41) is 5.82. The Bertz CT molecular complexity index is 496. The van der Waals surface area contributed by atoms with Gasteiger partial charge in [-0.15, -0.1) is 0 Å². The first-order chi connectivity index (χ1) is 10.5. The SMILES string of the molecule is CC(N)C(=O)NC1CCN(CC(=O)Nc2ccccc2)CC1. The minimum absolute atomic E-state index is 0.00994. The number of para-hydroxylation sites is 1. The van der Waals surface area contributed by atoms with Gasteiger partial charge < -0.3 is 16.4 Å². The molecule has 0 aliphatic carbocycles. The van der Waals surface area contributed by atoms with Gasteiger partial charge in [-0.1, -0.05) is 18.2 Å². The van der Waals surface area contributed by atoms with Crippen molar-refractivity contribution in [2.45, 2.75) is 31.8 Å². The largest absolute Gasteiger partial charge is 0.352 e. The molecule has 6 heteroatoms. The lowest BCUT2D eigenvalue weighted by atomic mass is 10.0. The van der Waals surface area contributed by atoms with Crippen LogP contribution in [0.4, 0.5) is 5.69 Å². The first-order valence-electron chi connectivity index (χ1n) is 7.68. The molecule has 1 atom stereocenters. The third-order valence-corrected chi connectivity index (χ3v) is 3.77. The Hall–Kier alpha value is -1.92. The molecule has 1 aromatic carbocycles.